The minimum Gasteiger partial charge on any atom is -0.494 e. The Morgan fingerprint density at radius 2 is 1.78 bits per heavy atom. The van der Waals surface area contributed by atoms with Crippen LogP contribution in [0.3, 0.4) is 0 Å². The van der Waals surface area contributed by atoms with E-state index in [4.69, 9.17) is 27.9 Å². The number of sulfonamides is 1. The number of ether oxygens (including phenoxy) is 1. The van der Waals surface area contributed by atoms with E-state index in [-0.39, 0.29) is 10.7 Å². The molecule has 1 atom stereocenters. The van der Waals surface area contributed by atoms with Gasteiger partial charge in [-0.1, -0.05) is 23.2 Å². The minimum absolute atomic E-state index is 0.196. The molecule has 0 bridgehead atoms. The molecule has 0 aliphatic carbocycles. The molecular formula is C18H20Cl2N2O4S. The SMILES string of the molecule is CCOc1ccc(NC(=O)[C@@H](C)N(c2ccc(Cl)c(Cl)c2)S(C)(=O)=O)cc1. The smallest absolute Gasteiger partial charge is 0.247 e. The first kappa shape index (κ1) is 21.3. The summed E-state index contributed by atoms with van der Waals surface area (Å²) in [5.41, 5.74) is 0.777. The highest BCUT2D eigenvalue weighted by Gasteiger charge is 2.29. The van der Waals surface area contributed by atoms with Gasteiger partial charge < -0.3 is 10.1 Å². The molecule has 0 heterocycles. The van der Waals surface area contributed by atoms with E-state index in [1.54, 1.807) is 24.3 Å². The van der Waals surface area contributed by atoms with Crippen molar-refractivity contribution in [1.82, 2.24) is 0 Å². The predicted molar refractivity (Wildman–Crippen MR) is 109 cm³/mol. The Morgan fingerprint density at radius 3 is 2.30 bits per heavy atom. The number of hydrogen-bond acceptors (Lipinski definition) is 4. The molecule has 146 valence electrons. The zero-order valence-electron chi connectivity index (χ0n) is 15.1. The first-order valence-electron chi connectivity index (χ1n) is 8.11. The number of nitrogens with one attached hydrogen (secondary N) is 1. The Labute approximate surface area is 169 Å². The molecule has 1 N–H and O–H groups in total. The summed E-state index contributed by atoms with van der Waals surface area (Å²) < 4.78 is 30.9. The van der Waals surface area contributed by atoms with Crippen molar-refractivity contribution in [1.29, 1.82) is 0 Å². The maximum absolute atomic E-state index is 12.6. The predicted octanol–water partition coefficient (Wildman–Crippen LogP) is 4.19. The second kappa shape index (κ2) is 8.82. The molecule has 27 heavy (non-hydrogen) atoms. The van der Waals surface area contributed by atoms with E-state index in [0.717, 1.165) is 10.6 Å². The molecule has 0 unspecified atom stereocenters. The van der Waals surface area contributed by atoms with Crippen LogP contribution in [0.1, 0.15) is 13.8 Å². The normalized spacial score (nSPS) is 12.3. The molecule has 1 amide bonds. The summed E-state index contributed by atoms with van der Waals surface area (Å²) in [6.45, 7) is 3.91. The molecular weight excluding hydrogens is 411 g/mol. The third kappa shape index (κ3) is 5.51. The molecule has 2 rings (SSSR count). The molecule has 6 nitrogen and oxygen atoms in total. The van der Waals surface area contributed by atoms with Gasteiger partial charge in [-0.15, -0.1) is 0 Å². The monoisotopic (exact) mass is 430 g/mol. The van der Waals surface area contributed by atoms with Gasteiger partial charge in [-0.2, -0.15) is 0 Å². The second-order valence-corrected chi connectivity index (χ2v) is 8.45. The number of carbonyl (C=O) groups excluding carboxylic acids is 1. The van der Waals surface area contributed by atoms with Crippen LogP contribution in [0.4, 0.5) is 11.4 Å². The summed E-state index contributed by atoms with van der Waals surface area (Å²) in [6, 6.07) is 10.2. The van der Waals surface area contributed by atoms with Crippen molar-refractivity contribution in [3.05, 3.63) is 52.5 Å². The lowest BCUT2D eigenvalue weighted by Crippen LogP contribution is -2.45. The van der Waals surface area contributed by atoms with Crippen LogP contribution in [0.2, 0.25) is 10.0 Å². The molecule has 0 fully saturated rings. The highest BCUT2D eigenvalue weighted by atomic mass is 35.5. The summed E-state index contributed by atoms with van der Waals surface area (Å²) in [5, 5.41) is 3.19. The Hall–Kier alpha value is -1.96. The van der Waals surface area contributed by atoms with Crippen LogP contribution in [0.5, 0.6) is 5.75 Å². The van der Waals surface area contributed by atoms with Gasteiger partial charge in [0.25, 0.3) is 0 Å². The van der Waals surface area contributed by atoms with Crippen molar-refractivity contribution >= 4 is 50.5 Å². The fraction of sp³-hybridized carbons (Fsp3) is 0.278. The molecule has 0 aliphatic rings. The lowest BCUT2D eigenvalue weighted by Gasteiger charge is -2.28. The molecule has 2 aromatic rings. The highest BCUT2D eigenvalue weighted by molar-refractivity contribution is 7.92. The highest BCUT2D eigenvalue weighted by Crippen LogP contribution is 2.30. The summed E-state index contributed by atoms with van der Waals surface area (Å²) in [7, 11) is -3.75. The lowest BCUT2D eigenvalue weighted by molar-refractivity contribution is -0.116. The third-order valence-corrected chi connectivity index (χ3v) is 5.66. The van der Waals surface area contributed by atoms with Gasteiger partial charge in [0.1, 0.15) is 11.8 Å². The van der Waals surface area contributed by atoms with Gasteiger partial charge in [0.15, 0.2) is 0 Å². The number of halogens is 2. The topological polar surface area (TPSA) is 75.7 Å². The van der Waals surface area contributed by atoms with Crippen LogP contribution < -0.4 is 14.4 Å². The molecule has 0 radical (unpaired) electrons. The van der Waals surface area contributed by atoms with Gasteiger partial charge in [-0.25, -0.2) is 8.42 Å². The number of nitrogens with zero attached hydrogens (tertiary/aromatic N) is 1. The number of amides is 1. The Morgan fingerprint density at radius 1 is 1.15 bits per heavy atom. The molecule has 0 saturated carbocycles. The lowest BCUT2D eigenvalue weighted by atomic mass is 10.2. The van der Waals surface area contributed by atoms with Crippen LogP contribution in [0, 0.1) is 0 Å². The van der Waals surface area contributed by atoms with Gasteiger partial charge in [0, 0.05) is 5.69 Å². The number of anilines is 2. The zero-order valence-corrected chi connectivity index (χ0v) is 17.4. The van der Waals surface area contributed by atoms with Gasteiger partial charge in [-0.3, -0.25) is 9.10 Å². The van der Waals surface area contributed by atoms with Gasteiger partial charge in [0.2, 0.25) is 15.9 Å². The fourth-order valence-corrected chi connectivity index (χ4v) is 3.94. The summed E-state index contributed by atoms with van der Waals surface area (Å²) in [5.74, 6) is 0.188. The third-order valence-electron chi connectivity index (χ3n) is 3.68. The second-order valence-electron chi connectivity index (χ2n) is 5.78. The number of hydrogen-bond donors (Lipinski definition) is 1. The van der Waals surface area contributed by atoms with Crippen LogP contribution in [0.15, 0.2) is 42.5 Å². The van der Waals surface area contributed by atoms with E-state index in [1.165, 1.54) is 25.1 Å². The zero-order chi connectivity index (χ0) is 20.2. The number of benzene rings is 2. The van der Waals surface area contributed by atoms with Gasteiger partial charge in [0.05, 0.1) is 28.6 Å². The summed E-state index contributed by atoms with van der Waals surface area (Å²) >= 11 is 11.9. The maximum atomic E-state index is 12.6. The van der Waals surface area contributed by atoms with Crippen molar-refractivity contribution in [3.63, 3.8) is 0 Å². The number of carbonyl (C=O) groups is 1. The van der Waals surface area contributed by atoms with Crippen molar-refractivity contribution < 1.29 is 17.9 Å². The van der Waals surface area contributed by atoms with Gasteiger partial charge >= 0.3 is 0 Å². The first-order chi connectivity index (χ1) is 12.6. The standard InChI is InChI=1S/C18H20Cl2N2O4S/c1-4-26-15-8-5-13(6-9-15)21-18(23)12(2)22(27(3,24)25)14-7-10-16(19)17(20)11-14/h5-12H,4H2,1-3H3,(H,21,23)/t12-/m1/s1. The van der Waals surface area contributed by atoms with Crippen molar-refractivity contribution in [2.75, 3.05) is 22.5 Å². The Kier molecular flexibility index (Phi) is 6.97. The van der Waals surface area contributed by atoms with E-state index in [9.17, 15) is 13.2 Å². The Bertz CT molecular complexity index is 917. The van der Waals surface area contributed by atoms with E-state index >= 15 is 0 Å². The van der Waals surface area contributed by atoms with E-state index in [0.29, 0.717) is 23.1 Å². The van der Waals surface area contributed by atoms with Crippen molar-refractivity contribution in [2.45, 2.75) is 19.9 Å². The minimum atomic E-state index is -3.75. The van der Waals surface area contributed by atoms with Gasteiger partial charge in [-0.05, 0) is 56.3 Å². The van der Waals surface area contributed by atoms with Crippen LogP contribution in [-0.2, 0) is 14.8 Å². The molecule has 0 saturated heterocycles. The van der Waals surface area contributed by atoms with Crippen LogP contribution in [0.25, 0.3) is 0 Å². The van der Waals surface area contributed by atoms with Crippen LogP contribution >= 0.6 is 23.2 Å². The molecule has 0 aliphatic heterocycles. The van der Waals surface area contributed by atoms with E-state index in [1.807, 2.05) is 6.92 Å². The number of rotatable bonds is 7. The van der Waals surface area contributed by atoms with Crippen molar-refractivity contribution in [2.24, 2.45) is 0 Å². The molecule has 9 heteroatoms. The van der Waals surface area contributed by atoms with E-state index < -0.39 is 22.0 Å². The summed E-state index contributed by atoms with van der Waals surface area (Å²) in [6.07, 6.45) is 1.02. The molecule has 0 spiro atoms. The maximum Gasteiger partial charge on any atom is 0.247 e. The molecule has 2 aromatic carbocycles. The average Bonchev–Trinajstić information content (AvgIpc) is 2.59. The summed E-state index contributed by atoms with van der Waals surface area (Å²) in [4.78, 5) is 12.6. The Balaban J connectivity index is 2.25. The largest absolute Gasteiger partial charge is 0.494 e. The molecule has 0 aromatic heterocycles. The first-order valence-corrected chi connectivity index (χ1v) is 10.7. The average molecular weight is 431 g/mol. The van der Waals surface area contributed by atoms with E-state index in [2.05, 4.69) is 5.32 Å². The quantitative estimate of drug-likeness (QED) is 0.714. The van der Waals surface area contributed by atoms with Crippen LogP contribution in [-0.4, -0.2) is 33.2 Å². The van der Waals surface area contributed by atoms with Crippen molar-refractivity contribution in [3.8, 4) is 5.75 Å². The fourth-order valence-electron chi connectivity index (χ4n) is 2.48.